The summed E-state index contributed by atoms with van der Waals surface area (Å²) < 4.78 is 11.1. The fourth-order valence-corrected chi connectivity index (χ4v) is 5.57. The van der Waals surface area contributed by atoms with Crippen LogP contribution in [0, 0.1) is 5.92 Å². The Hall–Kier alpha value is -2.25. The molecule has 188 valence electrons. The van der Waals surface area contributed by atoms with E-state index in [1.807, 2.05) is 30.3 Å². The van der Waals surface area contributed by atoms with E-state index in [1.54, 1.807) is 18.7 Å². The van der Waals surface area contributed by atoms with Crippen LogP contribution in [0.2, 0.25) is 0 Å². The smallest absolute Gasteiger partial charge is 0.334 e. The molecular weight excluding hydrogens is 432 g/mol. The van der Waals surface area contributed by atoms with Crippen LogP contribution in [-0.4, -0.2) is 53.4 Å². The Labute approximate surface area is 203 Å². The number of carbonyl (C=O) groups excluding carboxylic acids is 3. The standard InChI is InChI=1S/C27H40N2O5/c1-3-33-25(31)23(16-15-21-11-6-4-7-12-21)29-18-10-17-27(29,24(30)20(2)28)26(32)34-19-22-13-8-5-9-14-22/h5,8-9,13-14,20-21,23H,3-4,6-7,10-12,15-19,28H2,1-2H3/t20-,23+,27+/m0/s1. The van der Waals surface area contributed by atoms with E-state index in [0.29, 0.717) is 31.7 Å². The van der Waals surface area contributed by atoms with Crippen LogP contribution in [0.4, 0.5) is 0 Å². The number of benzene rings is 1. The molecule has 2 fully saturated rings. The summed E-state index contributed by atoms with van der Waals surface area (Å²) in [6.07, 6.45) is 8.37. The Morgan fingerprint density at radius 2 is 1.79 bits per heavy atom. The molecule has 0 bridgehead atoms. The maximum Gasteiger partial charge on any atom is 0.334 e. The maximum absolute atomic E-state index is 13.6. The number of hydrogen-bond acceptors (Lipinski definition) is 7. The molecule has 7 heteroatoms. The number of nitrogens with two attached hydrogens (primary N) is 1. The molecule has 1 aliphatic heterocycles. The molecule has 2 N–H and O–H groups in total. The van der Waals surface area contributed by atoms with E-state index in [2.05, 4.69) is 0 Å². The average molecular weight is 473 g/mol. The molecule has 3 rings (SSSR count). The molecule has 0 amide bonds. The fourth-order valence-electron chi connectivity index (χ4n) is 5.57. The van der Waals surface area contributed by atoms with Crippen molar-refractivity contribution in [2.45, 2.75) is 95.9 Å². The summed E-state index contributed by atoms with van der Waals surface area (Å²) in [5.41, 5.74) is 5.31. The van der Waals surface area contributed by atoms with E-state index in [4.69, 9.17) is 15.2 Å². The summed E-state index contributed by atoms with van der Waals surface area (Å²) >= 11 is 0. The summed E-state index contributed by atoms with van der Waals surface area (Å²) in [4.78, 5) is 42.0. The maximum atomic E-state index is 13.6. The monoisotopic (exact) mass is 472 g/mol. The quantitative estimate of drug-likeness (QED) is 0.387. The highest BCUT2D eigenvalue weighted by Crippen LogP contribution is 2.37. The van der Waals surface area contributed by atoms with Crippen LogP contribution in [0.15, 0.2) is 30.3 Å². The number of likely N-dealkylation sites (tertiary alicyclic amines) is 1. The van der Waals surface area contributed by atoms with Gasteiger partial charge in [-0.15, -0.1) is 0 Å². The van der Waals surface area contributed by atoms with Gasteiger partial charge in [-0.2, -0.15) is 0 Å². The normalized spacial score (nSPS) is 23.3. The van der Waals surface area contributed by atoms with E-state index < -0.39 is 29.4 Å². The van der Waals surface area contributed by atoms with Gasteiger partial charge in [0, 0.05) is 6.54 Å². The third-order valence-corrected chi connectivity index (χ3v) is 7.31. The Balaban J connectivity index is 1.86. The largest absolute Gasteiger partial charge is 0.465 e. The summed E-state index contributed by atoms with van der Waals surface area (Å²) in [6.45, 7) is 4.13. The summed E-state index contributed by atoms with van der Waals surface area (Å²) in [7, 11) is 0. The van der Waals surface area contributed by atoms with Crippen LogP contribution in [0.1, 0.15) is 77.2 Å². The van der Waals surface area contributed by atoms with Crippen molar-refractivity contribution in [3.8, 4) is 0 Å². The summed E-state index contributed by atoms with van der Waals surface area (Å²) in [5.74, 6) is -0.826. The first-order valence-electron chi connectivity index (χ1n) is 12.8. The molecule has 0 radical (unpaired) electrons. The number of carbonyl (C=O) groups is 3. The first-order chi connectivity index (χ1) is 16.4. The molecule has 7 nitrogen and oxygen atoms in total. The lowest BCUT2D eigenvalue weighted by Crippen LogP contribution is -2.65. The number of ether oxygens (including phenoxy) is 2. The van der Waals surface area contributed by atoms with Crippen LogP contribution in [-0.2, 0) is 30.5 Å². The topological polar surface area (TPSA) is 98.9 Å². The lowest BCUT2D eigenvalue weighted by molar-refractivity contribution is -0.168. The Kier molecular flexibility index (Phi) is 9.65. The van der Waals surface area contributed by atoms with Gasteiger partial charge in [0.1, 0.15) is 12.6 Å². The van der Waals surface area contributed by atoms with Gasteiger partial charge >= 0.3 is 11.9 Å². The van der Waals surface area contributed by atoms with Gasteiger partial charge in [0.05, 0.1) is 12.6 Å². The average Bonchev–Trinajstić information content (AvgIpc) is 3.29. The minimum atomic E-state index is -1.56. The van der Waals surface area contributed by atoms with Crippen molar-refractivity contribution in [1.82, 2.24) is 4.90 Å². The Bertz CT molecular complexity index is 822. The van der Waals surface area contributed by atoms with Gasteiger partial charge in [0.2, 0.25) is 0 Å². The van der Waals surface area contributed by atoms with Crippen molar-refractivity contribution < 1.29 is 23.9 Å². The van der Waals surface area contributed by atoms with E-state index in [9.17, 15) is 14.4 Å². The molecule has 1 saturated carbocycles. The van der Waals surface area contributed by atoms with Crippen molar-refractivity contribution in [2.24, 2.45) is 11.7 Å². The van der Waals surface area contributed by atoms with Crippen molar-refractivity contribution in [1.29, 1.82) is 0 Å². The molecule has 34 heavy (non-hydrogen) atoms. The SMILES string of the molecule is CCOC(=O)[C@@H](CCC1CCCCC1)N1CCC[C@]1(C(=O)OCc1ccccc1)C(=O)[C@H](C)N. The Morgan fingerprint density at radius 1 is 1.09 bits per heavy atom. The zero-order valence-electron chi connectivity index (χ0n) is 20.7. The zero-order chi connectivity index (χ0) is 24.6. The molecule has 0 spiro atoms. The van der Waals surface area contributed by atoms with E-state index in [1.165, 1.54) is 32.1 Å². The van der Waals surface area contributed by atoms with Crippen molar-refractivity contribution in [3.05, 3.63) is 35.9 Å². The van der Waals surface area contributed by atoms with Gasteiger partial charge < -0.3 is 15.2 Å². The van der Waals surface area contributed by atoms with Crippen LogP contribution in [0.5, 0.6) is 0 Å². The van der Waals surface area contributed by atoms with E-state index in [0.717, 1.165) is 12.0 Å². The fraction of sp³-hybridized carbons (Fsp3) is 0.667. The zero-order valence-corrected chi connectivity index (χ0v) is 20.7. The first kappa shape index (κ1) is 26.4. The number of esters is 2. The molecule has 1 aromatic rings. The highest BCUT2D eigenvalue weighted by molar-refractivity contribution is 6.11. The minimum Gasteiger partial charge on any atom is -0.465 e. The number of rotatable bonds is 11. The van der Waals surface area contributed by atoms with Gasteiger partial charge in [0.15, 0.2) is 11.3 Å². The van der Waals surface area contributed by atoms with E-state index >= 15 is 0 Å². The van der Waals surface area contributed by atoms with Crippen LogP contribution in [0.25, 0.3) is 0 Å². The van der Waals surface area contributed by atoms with Gasteiger partial charge in [-0.05, 0) is 51.0 Å². The van der Waals surface area contributed by atoms with Crippen molar-refractivity contribution in [2.75, 3.05) is 13.2 Å². The number of nitrogens with zero attached hydrogens (tertiary/aromatic N) is 1. The van der Waals surface area contributed by atoms with Gasteiger partial charge in [-0.1, -0.05) is 62.4 Å². The molecule has 1 aliphatic carbocycles. The highest BCUT2D eigenvalue weighted by Gasteiger charge is 2.58. The second-order valence-corrected chi connectivity index (χ2v) is 9.72. The second-order valence-electron chi connectivity index (χ2n) is 9.72. The molecule has 0 unspecified atom stereocenters. The molecule has 0 aromatic heterocycles. The third kappa shape index (κ3) is 6.05. The predicted octanol–water partition coefficient (Wildman–Crippen LogP) is 3.77. The van der Waals surface area contributed by atoms with Crippen LogP contribution >= 0.6 is 0 Å². The minimum absolute atomic E-state index is 0.0631. The van der Waals surface area contributed by atoms with Gasteiger partial charge in [-0.3, -0.25) is 14.5 Å². The van der Waals surface area contributed by atoms with Crippen LogP contribution in [0.3, 0.4) is 0 Å². The lowest BCUT2D eigenvalue weighted by atomic mass is 9.83. The lowest BCUT2D eigenvalue weighted by Gasteiger charge is -2.40. The molecule has 1 aromatic carbocycles. The number of ketones is 1. The number of Topliss-reactive ketones (excluding diaryl/α,β-unsaturated/α-hetero) is 1. The Morgan fingerprint density at radius 3 is 2.44 bits per heavy atom. The molecule has 3 atom stereocenters. The van der Waals surface area contributed by atoms with Crippen molar-refractivity contribution in [3.63, 3.8) is 0 Å². The van der Waals surface area contributed by atoms with Crippen LogP contribution < -0.4 is 5.73 Å². The summed E-state index contributed by atoms with van der Waals surface area (Å²) in [6, 6.07) is 7.84. The van der Waals surface area contributed by atoms with E-state index in [-0.39, 0.29) is 19.2 Å². The van der Waals surface area contributed by atoms with Gasteiger partial charge in [0.25, 0.3) is 0 Å². The summed E-state index contributed by atoms with van der Waals surface area (Å²) in [5, 5.41) is 0. The third-order valence-electron chi connectivity index (χ3n) is 7.31. The molecule has 1 saturated heterocycles. The highest BCUT2D eigenvalue weighted by atomic mass is 16.5. The van der Waals surface area contributed by atoms with Gasteiger partial charge in [-0.25, -0.2) is 4.79 Å². The predicted molar refractivity (Wildman–Crippen MR) is 130 cm³/mol. The molecule has 1 heterocycles. The molecular formula is C27H40N2O5. The molecule has 2 aliphatic rings. The number of hydrogen-bond donors (Lipinski definition) is 1. The van der Waals surface area contributed by atoms with Crippen molar-refractivity contribution >= 4 is 17.7 Å². The first-order valence-corrected chi connectivity index (χ1v) is 12.8. The second kappa shape index (κ2) is 12.5.